The van der Waals surface area contributed by atoms with Crippen LogP contribution in [0.2, 0.25) is 0 Å². The number of carbonyl (C=O) groups is 3. The zero-order chi connectivity index (χ0) is 21.8. The Morgan fingerprint density at radius 1 is 1.17 bits per heavy atom. The number of nitrogen functional groups attached to an aromatic ring is 2. The third-order valence-corrected chi connectivity index (χ3v) is 4.39. The van der Waals surface area contributed by atoms with E-state index >= 15 is 0 Å². The fraction of sp³-hybridized carbons (Fsp3) is 0.278. The van der Waals surface area contributed by atoms with Gasteiger partial charge in [-0.2, -0.15) is 4.98 Å². The van der Waals surface area contributed by atoms with E-state index in [1.807, 2.05) is 4.57 Å². The molecule has 0 unspecified atom stereocenters. The van der Waals surface area contributed by atoms with E-state index in [1.54, 1.807) is 18.3 Å². The lowest BCUT2D eigenvalue weighted by Gasteiger charge is -2.12. The number of carbonyl (C=O) groups excluding carboxylic acids is 1. The summed E-state index contributed by atoms with van der Waals surface area (Å²) in [4.78, 5) is 42.1. The standard InChI is InChI=1S/C18H20N6O6/c19-15-14-10(22-18(20)23-15)6-8-24(14)7-5-9-1-3-12(30-9)16(27)21-11(17(28)29)2-4-13(25)26/h1,3,6,8,11H,2,4-5,7H2,(H,21,27)(H,25,26)(H,28,29)(H4,19,20,22,23)/t11-/m0/s1. The number of anilines is 2. The van der Waals surface area contributed by atoms with E-state index in [2.05, 4.69) is 15.3 Å². The molecule has 0 aliphatic carbocycles. The average molecular weight is 416 g/mol. The van der Waals surface area contributed by atoms with Crippen LogP contribution in [0.25, 0.3) is 11.0 Å². The summed E-state index contributed by atoms with van der Waals surface area (Å²) in [5.74, 6) is -2.45. The third-order valence-electron chi connectivity index (χ3n) is 4.39. The highest BCUT2D eigenvalue weighted by Gasteiger charge is 2.23. The first kappa shape index (κ1) is 20.6. The summed E-state index contributed by atoms with van der Waals surface area (Å²) in [5.41, 5.74) is 12.8. The number of aromatic nitrogens is 3. The van der Waals surface area contributed by atoms with Crippen LogP contribution in [0, 0.1) is 0 Å². The summed E-state index contributed by atoms with van der Waals surface area (Å²) in [6.45, 7) is 0.464. The Labute approximate surface area is 169 Å². The molecule has 7 N–H and O–H groups in total. The van der Waals surface area contributed by atoms with Crippen molar-refractivity contribution in [2.45, 2.75) is 31.8 Å². The highest BCUT2D eigenvalue weighted by atomic mass is 16.4. The molecule has 1 atom stereocenters. The van der Waals surface area contributed by atoms with Gasteiger partial charge in [0.15, 0.2) is 11.6 Å². The van der Waals surface area contributed by atoms with E-state index < -0.39 is 23.9 Å². The molecule has 30 heavy (non-hydrogen) atoms. The quantitative estimate of drug-likeness (QED) is 0.327. The van der Waals surface area contributed by atoms with Gasteiger partial charge < -0.3 is 36.0 Å². The zero-order valence-electron chi connectivity index (χ0n) is 15.7. The van der Waals surface area contributed by atoms with Crippen molar-refractivity contribution in [3.63, 3.8) is 0 Å². The largest absolute Gasteiger partial charge is 0.481 e. The molecule has 0 saturated carbocycles. The fourth-order valence-corrected chi connectivity index (χ4v) is 2.96. The second-order valence-electron chi connectivity index (χ2n) is 6.52. The van der Waals surface area contributed by atoms with Crippen molar-refractivity contribution < 1.29 is 29.0 Å². The lowest BCUT2D eigenvalue weighted by molar-refractivity contribution is -0.140. The van der Waals surface area contributed by atoms with Crippen LogP contribution in [-0.2, 0) is 22.6 Å². The molecule has 3 heterocycles. The van der Waals surface area contributed by atoms with Crippen molar-refractivity contribution in [3.8, 4) is 0 Å². The summed E-state index contributed by atoms with van der Waals surface area (Å²) in [6.07, 6.45) is 1.58. The maximum atomic E-state index is 12.2. The van der Waals surface area contributed by atoms with Gasteiger partial charge in [-0.1, -0.05) is 0 Å². The molecular weight excluding hydrogens is 396 g/mol. The van der Waals surface area contributed by atoms with Gasteiger partial charge in [0.2, 0.25) is 5.95 Å². The predicted octanol–water partition coefficient (Wildman–Crippen LogP) is 0.479. The minimum Gasteiger partial charge on any atom is -0.481 e. The van der Waals surface area contributed by atoms with Crippen LogP contribution in [0.3, 0.4) is 0 Å². The second-order valence-corrected chi connectivity index (χ2v) is 6.52. The number of carboxylic acids is 2. The first-order valence-electron chi connectivity index (χ1n) is 8.96. The molecule has 0 spiro atoms. The molecule has 0 bridgehead atoms. The minimum absolute atomic E-state index is 0.0699. The Bertz CT molecular complexity index is 1100. The number of aliphatic carboxylic acids is 2. The van der Waals surface area contributed by atoms with E-state index in [0.717, 1.165) is 0 Å². The molecule has 12 nitrogen and oxygen atoms in total. The number of nitrogens with two attached hydrogens (primary N) is 2. The van der Waals surface area contributed by atoms with Crippen molar-refractivity contribution in [1.82, 2.24) is 19.9 Å². The number of hydrogen-bond donors (Lipinski definition) is 5. The van der Waals surface area contributed by atoms with Crippen molar-refractivity contribution in [2.24, 2.45) is 0 Å². The van der Waals surface area contributed by atoms with Gasteiger partial charge in [-0.15, -0.1) is 0 Å². The average Bonchev–Trinajstić information content (AvgIpc) is 3.29. The number of nitrogens with one attached hydrogen (secondary N) is 1. The Kier molecular flexibility index (Phi) is 5.85. The first-order valence-corrected chi connectivity index (χ1v) is 8.96. The minimum atomic E-state index is -1.33. The van der Waals surface area contributed by atoms with E-state index in [4.69, 9.17) is 26.1 Å². The van der Waals surface area contributed by atoms with Gasteiger partial charge in [0.05, 0.1) is 5.52 Å². The van der Waals surface area contributed by atoms with Crippen molar-refractivity contribution in [3.05, 3.63) is 35.9 Å². The molecule has 0 saturated heterocycles. The maximum Gasteiger partial charge on any atom is 0.326 e. The number of nitrogens with zero attached hydrogens (tertiary/aromatic N) is 3. The van der Waals surface area contributed by atoms with Crippen molar-refractivity contribution in [2.75, 3.05) is 11.5 Å². The van der Waals surface area contributed by atoms with Crippen molar-refractivity contribution >= 4 is 40.6 Å². The Morgan fingerprint density at radius 3 is 2.63 bits per heavy atom. The first-order chi connectivity index (χ1) is 14.2. The van der Waals surface area contributed by atoms with Crippen LogP contribution in [0.15, 0.2) is 28.8 Å². The Hall–Kier alpha value is -4.09. The second kappa shape index (κ2) is 8.51. The fourth-order valence-electron chi connectivity index (χ4n) is 2.96. The van der Waals surface area contributed by atoms with Gasteiger partial charge in [-0.3, -0.25) is 9.59 Å². The van der Waals surface area contributed by atoms with Gasteiger partial charge in [-0.25, -0.2) is 9.78 Å². The number of amides is 1. The molecule has 3 aromatic heterocycles. The topological polar surface area (TPSA) is 200 Å². The molecule has 0 aliphatic rings. The van der Waals surface area contributed by atoms with Gasteiger partial charge in [-0.05, 0) is 24.6 Å². The highest BCUT2D eigenvalue weighted by molar-refractivity contribution is 5.94. The SMILES string of the molecule is Nc1nc(N)c2c(ccn2CCc2ccc(C(=O)N[C@@H](CCC(=O)O)C(=O)O)o2)n1. The number of aryl methyl sites for hydroxylation is 2. The Balaban J connectivity index is 1.64. The molecule has 0 radical (unpaired) electrons. The van der Waals surface area contributed by atoms with Crippen LogP contribution < -0.4 is 16.8 Å². The molecule has 12 heteroatoms. The predicted molar refractivity (Wildman–Crippen MR) is 105 cm³/mol. The number of hydrogen-bond acceptors (Lipinski definition) is 8. The maximum absolute atomic E-state index is 12.2. The van der Waals surface area contributed by atoms with E-state index in [1.165, 1.54) is 6.07 Å². The van der Waals surface area contributed by atoms with E-state index in [9.17, 15) is 14.4 Å². The van der Waals surface area contributed by atoms with Gasteiger partial charge in [0, 0.05) is 25.6 Å². The molecule has 0 aliphatic heterocycles. The van der Waals surface area contributed by atoms with Gasteiger partial charge in [0.1, 0.15) is 17.3 Å². The zero-order valence-corrected chi connectivity index (χ0v) is 15.7. The van der Waals surface area contributed by atoms with E-state index in [0.29, 0.717) is 29.8 Å². The molecular formula is C18H20N6O6. The molecule has 1 amide bonds. The molecule has 0 aromatic carbocycles. The summed E-state index contributed by atoms with van der Waals surface area (Å²) in [6, 6.07) is 3.45. The van der Waals surface area contributed by atoms with Crippen molar-refractivity contribution in [1.29, 1.82) is 0 Å². The normalized spacial score (nSPS) is 12.0. The summed E-state index contributed by atoms with van der Waals surface area (Å²) in [5, 5.41) is 20.1. The number of carboxylic acid groups (broad SMARTS) is 2. The van der Waals surface area contributed by atoms with Gasteiger partial charge in [0.25, 0.3) is 5.91 Å². The van der Waals surface area contributed by atoms with Crippen LogP contribution >= 0.6 is 0 Å². The molecule has 158 valence electrons. The summed E-state index contributed by atoms with van der Waals surface area (Å²) < 4.78 is 7.33. The number of rotatable bonds is 9. The van der Waals surface area contributed by atoms with Crippen LogP contribution in [0.4, 0.5) is 11.8 Å². The van der Waals surface area contributed by atoms with Gasteiger partial charge >= 0.3 is 11.9 Å². The van der Waals surface area contributed by atoms with Crippen LogP contribution in [-0.4, -0.2) is 48.6 Å². The van der Waals surface area contributed by atoms with Crippen LogP contribution in [0.5, 0.6) is 0 Å². The Morgan fingerprint density at radius 2 is 1.93 bits per heavy atom. The molecule has 0 fully saturated rings. The molecule has 3 aromatic rings. The summed E-state index contributed by atoms with van der Waals surface area (Å²) in [7, 11) is 0. The molecule has 3 rings (SSSR count). The number of fused-ring (bicyclic) bond motifs is 1. The smallest absolute Gasteiger partial charge is 0.326 e. The lowest BCUT2D eigenvalue weighted by atomic mass is 10.1. The van der Waals surface area contributed by atoms with E-state index in [-0.39, 0.29) is 30.4 Å². The number of furan rings is 1. The van der Waals surface area contributed by atoms with Crippen LogP contribution in [0.1, 0.15) is 29.2 Å². The lowest BCUT2D eigenvalue weighted by Crippen LogP contribution is -2.41. The highest BCUT2D eigenvalue weighted by Crippen LogP contribution is 2.21. The summed E-state index contributed by atoms with van der Waals surface area (Å²) >= 11 is 0. The monoisotopic (exact) mass is 416 g/mol. The third kappa shape index (κ3) is 4.66.